The van der Waals surface area contributed by atoms with E-state index < -0.39 is 0 Å². The zero-order valence-corrected chi connectivity index (χ0v) is 12.5. The van der Waals surface area contributed by atoms with Crippen LogP contribution in [-0.2, 0) is 9.53 Å². The largest absolute Gasteiger partial charge is 0.496 e. The van der Waals surface area contributed by atoms with Gasteiger partial charge in [0.1, 0.15) is 5.76 Å². The van der Waals surface area contributed by atoms with Gasteiger partial charge in [-0.2, -0.15) is 0 Å². The summed E-state index contributed by atoms with van der Waals surface area (Å²) >= 11 is 0. The second kappa shape index (κ2) is 9.88. The van der Waals surface area contributed by atoms with Gasteiger partial charge in [0.15, 0.2) is 0 Å². The molecule has 1 heterocycles. The summed E-state index contributed by atoms with van der Waals surface area (Å²) < 4.78 is 5.77. The third kappa shape index (κ3) is 7.24. The molecule has 0 aromatic heterocycles. The van der Waals surface area contributed by atoms with Crippen LogP contribution in [0.3, 0.4) is 0 Å². The summed E-state index contributed by atoms with van der Waals surface area (Å²) in [7, 11) is 0. The lowest BCUT2D eigenvalue weighted by atomic mass is 9.96. The minimum absolute atomic E-state index is 0.0250. The van der Waals surface area contributed by atoms with E-state index in [1.807, 2.05) is 0 Å². The predicted molar refractivity (Wildman–Crippen MR) is 78.8 cm³/mol. The summed E-state index contributed by atoms with van der Waals surface area (Å²) in [5, 5.41) is 2.74. The van der Waals surface area contributed by atoms with Crippen LogP contribution in [0, 0.1) is 5.92 Å². The van der Waals surface area contributed by atoms with Crippen LogP contribution in [0.4, 0.5) is 0 Å². The Morgan fingerprint density at radius 3 is 2.53 bits per heavy atom. The molecule has 3 nitrogen and oxygen atoms in total. The molecule has 0 fully saturated rings. The molecule has 0 radical (unpaired) electrons. The topological polar surface area (TPSA) is 38.3 Å². The minimum atomic E-state index is -0.0250. The van der Waals surface area contributed by atoms with E-state index in [1.165, 1.54) is 51.4 Å². The highest BCUT2D eigenvalue weighted by molar-refractivity contribution is 5.90. The fraction of sp³-hybridized carbons (Fsp3) is 0.812. The fourth-order valence-corrected chi connectivity index (χ4v) is 2.40. The average Bonchev–Trinajstić information content (AvgIpc) is 2.82. The van der Waals surface area contributed by atoms with Crippen LogP contribution < -0.4 is 5.32 Å². The molecular formula is C16H29NO2. The molecule has 19 heavy (non-hydrogen) atoms. The van der Waals surface area contributed by atoms with Crippen molar-refractivity contribution >= 4 is 5.91 Å². The first kappa shape index (κ1) is 16.1. The van der Waals surface area contributed by atoms with Crippen LogP contribution in [0.15, 0.2) is 11.8 Å². The molecule has 1 N–H and O–H groups in total. The maximum Gasteiger partial charge on any atom is 0.247 e. The van der Waals surface area contributed by atoms with Crippen LogP contribution in [0.2, 0.25) is 0 Å². The van der Waals surface area contributed by atoms with Crippen molar-refractivity contribution in [1.82, 2.24) is 5.32 Å². The van der Waals surface area contributed by atoms with Crippen LogP contribution in [0.25, 0.3) is 0 Å². The highest BCUT2D eigenvalue weighted by atomic mass is 16.5. The third-order valence-electron chi connectivity index (χ3n) is 3.67. The van der Waals surface area contributed by atoms with E-state index in [-0.39, 0.29) is 5.91 Å². The maximum atomic E-state index is 11.0. The Kier molecular flexibility index (Phi) is 8.35. The van der Waals surface area contributed by atoms with Crippen molar-refractivity contribution in [3.63, 3.8) is 0 Å². The smallest absolute Gasteiger partial charge is 0.247 e. The van der Waals surface area contributed by atoms with Crippen LogP contribution in [0.5, 0.6) is 0 Å². The number of amides is 1. The molecule has 0 saturated carbocycles. The highest BCUT2D eigenvalue weighted by Crippen LogP contribution is 2.19. The van der Waals surface area contributed by atoms with Gasteiger partial charge in [-0.3, -0.25) is 4.79 Å². The second-order valence-corrected chi connectivity index (χ2v) is 5.50. The molecular weight excluding hydrogens is 238 g/mol. The first-order chi connectivity index (χ1) is 9.26. The Morgan fingerprint density at radius 2 is 1.89 bits per heavy atom. The van der Waals surface area contributed by atoms with Crippen molar-refractivity contribution < 1.29 is 9.53 Å². The summed E-state index contributed by atoms with van der Waals surface area (Å²) in [4.78, 5) is 11.0. The summed E-state index contributed by atoms with van der Waals surface area (Å²) in [6, 6.07) is 0. The Bertz CT molecular complexity index is 286. The Balaban J connectivity index is 2.23. The van der Waals surface area contributed by atoms with Gasteiger partial charge >= 0.3 is 0 Å². The van der Waals surface area contributed by atoms with Crippen molar-refractivity contribution in [2.45, 2.75) is 65.2 Å². The van der Waals surface area contributed by atoms with Crippen molar-refractivity contribution in [3.05, 3.63) is 11.8 Å². The maximum absolute atomic E-state index is 11.0. The first-order valence-electron chi connectivity index (χ1n) is 7.87. The molecule has 110 valence electrons. The third-order valence-corrected chi connectivity index (χ3v) is 3.67. The van der Waals surface area contributed by atoms with Crippen LogP contribution in [0.1, 0.15) is 65.2 Å². The van der Waals surface area contributed by atoms with E-state index in [4.69, 9.17) is 4.74 Å². The molecule has 1 atom stereocenters. The lowest BCUT2D eigenvalue weighted by Crippen LogP contribution is -2.16. The number of ether oxygens (including phenoxy) is 1. The van der Waals surface area contributed by atoms with Gasteiger partial charge in [0, 0.05) is 6.08 Å². The summed E-state index contributed by atoms with van der Waals surface area (Å²) in [5.74, 6) is 1.43. The number of carbonyl (C=O) groups is 1. The number of hydrogen-bond acceptors (Lipinski definition) is 2. The Hall–Kier alpha value is -0.990. The number of unbranched alkanes of at least 4 members (excludes halogenated alkanes) is 4. The van der Waals surface area contributed by atoms with Gasteiger partial charge in [-0.1, -0.05) is 52.4 Å². The van der Waals surface area contributed by atoms with Gasteiger partial charge in [-0.15, -0.1) is 0 Å². The second-order valence-electron chi connectivity index (χ2n) is 5.50. The van der Waals surface area contributed by atoms with Gasteiger partial charge in [-0.05, 0) is 18.8 Å². The predicted octanol–water partition coefficient (Wildman–Crippen LogP) is 3.79. The zero-order chi connectivity index (χ0) is 13.9. The van der Waals surface area contributed by atoms with Gasteiger partial charge < -0.3 is 10.1 Å². The quantitative estimate of drug-likeness (QED) is 0.578. The summed E-state index contributed by atoms with van der Waals surface area (Å²) in [6.07, 6.45) is 11.9. The van der Waals surface area contributed by atoms with E-state index in [0.717, 1.165) is 12.4 Å². The summed E-state index contributed by atoms with van der Waals surface area (Å²) in [6.45, 7) is 5.81. The Labute approximate surface area is 117 Å². The monoisotopic (exact) mass is 267 g/mol. The molecule has 0 aromatic carbocycles. The first-order valence-corrected chi connectivity index (χ1v) is 7.87. The fourth-order valence-electron chi connectivity index (χ4n) is 2.40. The molecule has 0 bridgehead atoms. The average molecular weight is 267 g/mol. The SMILES string of the molecule is CCCCCCC(CCCC)COC1=CC(=O)NC1. The highest BCUT2D eigenvalue weighted by Gasteiger charge is 2.14. The van der Waals surface area contributed by atoms with Crippen molar-refractivity contribution in [3.8, 4) is 0 Å². The van der Waals surface area contributed by atoms with Crippen LogP contribution in [-0.4, -0.2) is 19.1 Å². The van der Waals surface area contributed by atoms with Crippen molar-refractivity contribution in [1.29, 1.82) is 0 Å². The lowest BCUT2D eigenvalue weighted by Gasteiger charge is -2.17. The number of hydrogen-bond donors (Lipinski definition) is 1. The zero-order valence-electron chi connectivity index (χ0n) is 12.5. The van der Waals surface area contributed by atoms with Gasteiger partial charge in [0.05, 0.1) is 13.2 Å². The summed E-state index contributed by atoms with van der Waals surface area (Å²) in [5.41, 5.74) is 0. The van der Waals surface area contributed by atoms with E-state index in [9.17, 15) is 4.79 Å². The minimum Gasteiger partial charge on any atom is -0.496 e. The van der Waals surface area contributed by atoms with E-state index >= 15 is 0 Å². The van der Waals surface area contributed by atoms with E-state index in [2.05, 4.69) is 19.2 Å². The molecule has 1 unspecified atom stereocenters. The van der Waals surface area contributed by atoms with Gasteiger partial charge in [-0.25, -0.2) is 0 Å². The molecule has 1 aliphatic heterocycles. The molecule has 1 aliphatic rings. The normalized spacial score (nSPS) is 16.1. The van der Waals surface area contributed by atoms with Gasteiger partial charge in [0.25, 0.3) is 0 Å². The molecule has 1 amide bonds. The number of rotatable bonds is 11. The molecule has 1 rings (SSSR count). The van der Waals surface area contributed by atoms with Gasteiger partial charge in [0.2, 0.25) is 5.91 Å². The standard InChI is InChI=1S/C16H29NO2/c1-3-5-7-8-10-14(9-6-4-2)13-19-15-11-16(18)17-12-15/h11,14H,3-10,12-13H2,1-2H3,(H,17,18). The number of nitrogens with one attached hydrogen (secondary N) is 1. The Morgan fingerprint density at radius 1 is 1.16 bits per heavy atom. The molecule has 0 saturated heterocycles. The van der Waals surface area contributed by atoms with Crippen molar-refractivity contribution in [2.24, 2.45) is 5.92 Å². The van der Waals surface area contributed by atoms with Crippen molar-refractivity contribution in [2.75, 3.05) is 13.2 Å². The number of carbonyl (C=O) groups excluding carboxylic acids is 1. The molecule has 3 heteroatoms. The lowest BCUT2D eigenvalue weighted by molar-refractivity contribution is -0.115. The van der Waals surface area contributed by atoms with E-state index in [0.29, 0.717) is 12.5 Å². The molecule has 0 aromatic rings. The van der Waals surface area contributed by atoms with Crippen LogP contribution >= 0.6 is 0 Å². The molecule has 0 spiro atoms. The van der Waals surface area contributed by atoms with E-state index in [1.54, 1.807) is 6.08 Å². The molecule has 0 aliphatic carbocycles.